The van der Waals surface area contributed by atoms with Crippen LogP contribution in [-0.4, -0.2) is 25.0 Å². The van der Waals surface area contributed by atoms with Crippen LogP contribution in [0.3, 0.4) is 0 Å². The minimum Gasteiger partial charge on any atom is -0.348 e. The molecule has 0 radical (unpaired) electrons. The molecule has 0 saturated carbocycles. The number of rotatable bonds is 2. The zero-order chi connectivity index (χ0) is 13.1. The Morgan fingerprint density at radius 1 is 1.28 bits per heavy atom. The summed E-state index contributed by atoms with van der Waals surface area (Å²) in [5, 5.41) is 6.47. The lowest BCUT2D eigenvalue weighted by Crippen LogP contribution is -2.50. The van der Waals surface area contributed by atoms with Gasteiger partial charge in [0.1, 0.15) is 0 Å². The van der Waals surface area contributed by atoms with Crippen molar-refractivity contribution in [1.82, 2.24) is 10.6 Å². The second-order valence-electron chi connectivity index (χ2n) is 5.43. The molecule has 2 N–H and O–H groups in total. The Morgan fingerprint density at radius 3 is 2.56 bits per heavy atom. The molecule has 1 aromatic carbocycles. The minimum absolute atomic E-state index is 0.0438. The number of amides is 1. The van der Waals surface area contributed by atoms with Crippen LogP contribution in [0.2, 0.25) is 0 Å². The monoisotopic (exact) mass is 246 g/mol. The van der Waals surface area contributed by atoms with Gasteiger partial charge in [0.25, 0.3) is 5.91 Å². The fraction of sp³-hybridized carbons (Fsp3) is 0.533. The van der Waals surface area contributed by atoms with E-state index in [1.165, 1.54) is 0 Å². The molecule has 1 aliphatic heterocycles. The predicted octanol–water partition coefficient (Wildman–Crippen LogP) is 2.03. The number of hydrogen-bond acceptors (Lipinski definition) is 2. The van der Waals surface area contributed by atoms with Gasteiger partial charge in [0.15, 0.2) is 0 Å². The van der Waals surface area contributed by atoms with Crippen LogP contribution in [0.5, 0.6) is 0 Å². The number of hydrogen-bond donors (Lipinski definition) is 2. The zero-order valence-electron chi connectivity index (χ0n) is 11.4. The van der Waals surface area contributed by atoms with Gasteiger partial charge in [0.05, 0.1) is 0 Å². The van der Waals surface area contributed by atoms with E-state index in [-0.39, 0.29) is 11.9 Å². The Labute approximate surface area is 109 Å². The molecule has 3 nitrogen and oxygen atoms in total. The average Bonchev–Trinajstić information content (AvgIpc) is 2.31. The Balaban J connectivity index is 2.06. The molecule has 1 aromatic rings. The second-order valence-corrected chi connectivity index (χ2v) is 5.43. The first kappa shape index (κ1) is 13.1. The molecule has 2 unspecified atom stereocenters. The van der Waals surface area contributed by atoms with Gasteiger partial charge >= 0.3 is 0 Å². The molecule has 3 heteroatoms. The van der Waals surface area contributed by atoms with Crippen molar-refractivity contribution in [2.45, 2.75) is 33.2 Å². The molecule has 18 heavy (non-hydrogen) atoms. The molecule has 0 aliphatic carbocycles. The average molecular weight is 246 g/mol. The maximum atomic E-state index is 12.2. The maximum absolute atomic E-state index is 12.2. The van der Waals surface area contributed by atoms with Gasteiger partial charge in [-0.3, -0.25) is 4.79 Å². The van der Waals surface area contributed by atoms with Crippen molar-refractivity contribution < 1.29 is 4.79 Å². The van der Waals surface area contributed by atoms with Crippen LogP contribution in [-0.2, 0) is 0 Å². The van der Waals surface area contributed by atoms with Gasteiger partial charge in [-0.2, -0.15) is 0 Å². The fourth-order valence-corrected chi connectivity index (χ4v) is 2.54. The van der Waals surface area contributed by atoms with E-state index < -0.39 is 0 Å². The van der Waals surface area contributed by atoms with E-state index in [4.69, 9.17) is 0 Å². The molecule has 0 bridgehead atoms. The largest absolute Gasteiger partial charge is 0.348 e. The molecule has 98 valence electrons. The Kier molecular flexibility index (Phi) is 4.02. The third-order valence-corrected chi connectivity index (χ3v) is 3.63. The molecule has 1 saturated heterocycles. The smallest absolute Gasteiger partial charge is 0.251 e. The summed E-state index contributed by atoms with van der Waals surface area (Å²) >= 11 is 0. The number of aryl methyl sites for hydroxylation is 2. The molecular weight excluding hydrogens is 224 g/mol. The summed E-state index contributed by atoms with van der Waals surface area (Å²) in [5.41, 5.74) is 3.04. The molecule has 2 rings (SSSR count). The molecule has 1 heterocycles. The predicted molar refractivity (Wildman–Crippen MR) is 73.8 cm³/mol. The van der Waals surface area contributed by atoms with Crippen molar-refractivity contribution in [3.63, 3.8) is 0 Å². The highest BCUT2D eigenvalue weighted by Gasteiger charge is 2.23. The van der Waals surface area contributed by atoms with Crippen LogP contribution in [0, 0.1) is 19.8 Å². The van der Waals surface area contributed by atoms with Crippen molar-refractivity contribution in [2.75, 3.05) is 13.1 Å². The number of piperidine rings is 1. The summed E-state index contributed by atoms with van der Waals surface area (Å²) in [6.07, 6.45) is 1.12. The van der Waals surface area contributed by atoms with Gasteiger partial charge < -0.3 is 10.6 Å². The lowest BCUT2D eigenvalue weighted by Gasteiger charge is -2.30. The topological polar surface area (TPSA) is 41.1 Å². The summed E-state index contributed by atoms with van der Waals surface area (Å²) < 4.78 is 0. The summed E-state index contributed by atoms with van der Waals surface area (Å²) in [7, 11) is 0. The van der Waals surface area contributed by atoms with Gasteiger partial charge in [-0.15, -0.1) is 0 Å². The van der Waals surface area contributed by atoms with Crippen molar-refractivity contribution in [1.29, 1.82) is 0 Å². The first-order valence-electron chi connectivity index (χ1n) is 6.66. The van der Waals surface area contributed by atoms with Crippen molar-refractivity contribution in [2.24, 2.45) is 5.92 Å². The molecular formula is C15H22N2O. The molecule has 0 aromatic heterocycles. The Hall–Kier alpha value is -1.35. The van der Waals surface area contributed by atoms with E-state index in [0.29, 0.717) is 5.92 Å². The zero-order valence-corrected chi connectivity index (χ0v) is 11.4. The second kappa shape index (κ2) is 5.53. The van der Waals surface area contributed by atoms with Crippen LogP contribution in [0.25, 0.3) is 0 Å². The van der Waals surface area contributed by atoms with Crippen molar-refractivity contribution in [3.05, 3.63) is 34.9 Å². The normalized spacial score (nSPS) is 23.7. The first-order valence-corrected chi connectivity index (χ1v) is 6.66. The highest BCUT2D eigenvalue weighted by Crippen LogP contribution is 2.13. The van der Waals surface area contributed by atoms with Crippen molar-refractivity contribution >= 4 is 5.91 Å². The highest BCUT2D eigenvalue weighted by molar-refractivity contribution is 5.94. The van der Waals surface area contributed by atoms with E-state index in [1.54, 1.807) is 0 Å². The number of carbonyl (C=O) groups excluding carboxylic acids is 1. The quantitative estimate of drug-likeness (QED) is 0.838. The molecule has 2 atom stereocenters. The Morgan fingerprint density at radius 2 is 1.94 bits per heavy atom. The molecule has 0 spiro atoms. The van der Waals surface area contributed by atoms with E-state index in [9.17, 15) is 4.79 Å². The van der Waals surface area contributed by atoms with Gasteiger partial charge in [-0.1, -0.05) is 24.1 Å². The first-order chi connectivity index (χ1) is 8.56. The maximum Gasteiger partial charge on any atom is 0.251 e. The van der Waals surface area contributed by atoms with Crippen molar-refractivity contribution in [3.8, 4) is 0 Å². The van der Waals surface area contributed by atoms with E-state index in [1.807, 2.05) is 26.0 Å². The van der Waals surface area contributed by atoms with Crippen LogP contribution in [0.15, 0.2) is 18.2 Å². The summed E-state index contributed by atoms with van der Waals surface area (Å²) in [5.74, 6) is 0.587. The van der Waals surface area contributed by atoms with Gasteiger partial charge in [0, 0.05) is 18.2 Å². The van der Waals surface area contributed by atoms with E-state index in [2.05, 4.69) is 23.6 Å². The standard InChI is InChI=1S/C15H22N2O/c1-10-6-11(2)8-13(7-10)15(18)17-14-9-16-5-4-12(14)3/h6-8,12,14,16H,4-5,9H2,1-3H3,(H,17,18). The Bertz CT molecular complexity index is 422. The van der Waals surface area contributed by atoms with Crippen LogP contribution in [0.4, 0.5) is 0 Å². The van der Waals surface area contributed by atoms with Gasteiger partial charge in [-0.25, -0.2) is 0 Å². The highest BCUT2D eigenvalue weighted by atomic mass is 16.1. The van der Waals surface area contributed by atoms with E-state index >= 15 is 0 Å². The van der Waals surface area contributed by atoms with Crippen LogP contribution in [0.1, 0.15) is 34.8 Å². The SMILES string of the molecule is Cc1cc(C)cc(C(=O)NC2CNCCC2C)c1. The summed E-state index contributed by atoms with van der Waals surface area (Å²) in [6.45, 7) is 8.17. The fourth-order valence-electron chi connectivity index (χ4n) is 2.54. The molecule has 1 fully saturated rings. The van der Waals surface area contributed by atoms with Crippen LogP contribution < -0.4 is 10.6 Å². The number of carbonyl (C=O) groups is 1. The van der Waals surface area contributed by atoms with Gasteiger partial charge in [0.2, 0.25) is 0 Å². The lowest BCUT2D eigenvalue weighted by atomic mass is 9.94. The number of nitrogens with one attached hydrogen (secondary N) is 2. The molecule has 1 aliphatic rings. The summed E-state index contributed by atoms with van der Waals surface area (Å²) in [6, 6.07) is 6.22. The molecule has 1 amide bonds. The number of benzene rings is 1. The minimum atomic E-state index is 0.0438. The third-order valence-electron chi connectivity index (χ3n) is 3.63. The third kappa shape index (κ3) is 3.10. The van der Waals surface area contributed by atoms with E-state index in [0.717, 1.165) is 36.2 Å². The van der Waals surface area contributed by atoms with Crippen LogP contribution >= 0.6 is 0 Å². The summed E-state index contributed by atoms with van der Waals surface area (Å²) in [4.78, 5) is 12.2. The lowest BCUT2D eigenvalue weighted by molar-refractivity contribution is 0.0915. The van der Waals surface area contributed by atoms with Gasteiger partial charge in [-0.05, 0) is 44.9 Å².